The summed E-state index contributed by atoms with van der Waals surface area (Å²) in [7, 11) is -3.72. The van der Waals surface area contributed by atoms with Crippen molar-refractivity contribution in [2.75, 3.05) is 5.73 Å². The van der Waals surface area contributed by atoms with Crippen molar-refractivity contribution in [1.82, 2.24) is 9.71 Å². The number of hydrogen-bond donors (Lipinski definition) is 3. The van der Waals surface area contributed by atoms with Crippen LogP contribution < -0.4 is 15.3 Å². The molecule has 2 rings (SSSR count). The third-order valence-corrected chi connectivity index (χ3v) is 5.21. The summed E-state index contributed by atoms with van der Waals surface area (Å²) in [5, 5.41) is 1.90. The Morgan fingerprint density at radius 2 is 2.15 bits per heavy atom. The number of nitrogens with two attached hydrogens (primary N) is 1. The number of nitrogens with one attached hydrogen (secondary N) is 2. The highest BCUT2D eigenvalue weighted by Gasteiger charge is 2.16. The number of aryl methyl sites for hydroxylation is 1. The van der Waals surface area contributed by atoms with Gasteiger partial charge in [0.25, 0.3) is 0 Å². The summed E-state index contributed by atoms with van der Waals surface area (Å²) < 4.78 is 26.6. The van der Waals surface area contributed by atoms with Gasteiger partial charge in [-0.15, -0.1) is 0 Å². The van der Waals surface area contributed by atoms with E-state index in [1.54, 1.807) is 12.3 Å². The highest BCUT2D eigenvalue weighted by Crippen LogP contribution is 2.26. The lowest BCUT2D eigenvalue weighted by Gasteiger charge is -2.09. The predicted molar refractivity (Wildman–Crippen MR) is 79.6 cm³/mol. The smallest absolute Gasteiger partial charge is 0.304 e. The highest BCUT2D eigenvalue weighted by molar-refractivity contribution is 7.89. The molecule has 9 heteroatoms. The molecule has 0 saturated carbocycles. The van der Waals surface area contributed by atoms with Crippen LogP contribution in [0.1, 0.15) is 11.3 Å². The van der Waals surface area contributed by atoms with Crippen LogP contribution in [0.3, 0.4) is 0 Å². The number of anilines is 1. The Bertz CT molecular complexity index is 772. The Morgan fingerprint density at radius 1 is 1.45 bits per heavy atom. The number of hydrogen-bond acceptors (Lipinski definition) is 5. The van der Waals surface area contributed by atoms with Gasteiger partial charge < -0.3 is 10.7 Å². The fourth-order valence-corrected chi connectivity index (χ4v) is 3.39. The third-order valence-electron chi connectivity index (χ3n) is 2.59. The van der Waals surface area contributed by atoms with E-state index in [4.69, 9.17) is 17.3 Å². The maximum absolute atomic E-state index is 12.1. The van der Waals surface area contributed by atoms with Crippen molar-refractivity contribution in [3.05, 3.63) is 43.5 Å². The molecule has 1 aromatic carbocycles. The van der Waals surface area contributed by atoms with E-state index in [1.165, 1.54) is 12.1 Å². The molecule has 0 atom stereocenters. The summed E-state index contributed by atoms with van der Waals surface area (Å²) in [6.07, 6.45) is 0. The molecule has 0 amide bonds. The Labute approximate surface area is 124 Å². The predicted octanol–water partition coefficient (Wildman–Crippen LogP) is 1.46. The average molecular weight is 334 g/mol. The molecule has 0 aliphatic carbocycles. The van der Waals surface area contributed by atoms with Gasteiger partial charge in [-0.25, -0.2) is 13.1 Å². The molecule has 6 nitrogen and oxygen atoms in total. The van der Waals surface area contributed by atoms with Crippen molar-refractivity contribution in [2.24, 2.45) is 0 Å². The summed E-state index contributed by atoms with van der Waals surface area (Å²) >= 11 is 6.87. The van der Waals surface area contributed by atoms with Crippen LogP contribution >= 0.6 is 22.9 Å². The van der Waals surface area contributed by atoms with Gasteiger partial charge in [-0.05, 0) is 24.6 Å². The van der Waals surface area contributed by atoms with Crippen molar-refractivity contribution < 1.29 is 8.42 Å². The van der Waals surface area contributed by atoms with Gasteiger partial charge in [-0.1, -0.05) is 22.9 Å². The molecule has 20 heavy (non-hydrogen) atoms. The topological polar surface area (TPSA) is 105 Å². The van der Waals surface area contributed by atoms with Gasteiger partial charge in [0.05, 0.1) is 22.2 Å². The minimum atomic E-state index is -3.72. The Morgan fingerprint density at radius 3 is 2.70 bits per heavy atom. The lowest BCUT2D eigenvalue weighted by molar-refractivity contribution is 0.580. The first-order chi connectivity index (χ1) is 9.29. The molecule has 2 aromatic rings. The van der Waals surface area contributed by atoms with E-state index in [0.717, 1.165) is 11.3 Å². The maximum atomic E-state index is 12.1. The lowest BCUT2D eigenvalue weighted by Crippen LogP contribution is -2.24. The molecule has 0 aliphatic rings. The molecule has 0 fully saturated rings. The van der Waals surface area contributed by atoms with Crippen LogP contribution in [-0.4, -0.2) is 13.4 Å². The largest absolute Gasteiger partial charge is 0.397 e. The number of sulfonamides is 1. The Kier molecular flexibility index (Phi) is 4.19. The van der Waals surface area contributed by atoms with Crippen molar-refractivity contribution in [3.8, 4) is 0 Å². The second-order valence-corrected chi connectivity index (χ2v) is 7.13. The molecule has 4 N–H and O–H groups in total. The van der Waals surface area contributed by atoms with Crippen LogP contribution in [0.2, 0.25) is 5.02 Å². The Hall–Kier alpha value is -1.35. The number of benzene rings is 1. The number of rotatable bonds is 4. The molecular weight excluding hydrogens is 322 g/mol. The van der Waals surface area contributed by atoms with Crippen LogP contribution in [0.5, 0.6) is 0 Å². The van der Waals surface area contributed by atoms with E-state index in [-0.39, 0.29) is 22.0 Å². The SMILES string of the molecule is Cc1cc(S(=O)(=O)NCc2csc(=O)[nH]2)cc(N)c1Cl. The van der Waals surface area contributed by atoms with Gasteiger partial charge in [0.2, 0.25) is 10.0 Å². The van der Waals surface area contributed by atoms with Gasteiger partial charge in [-0.3, -0.25) is 4.79 Å². The van der Waals surface area contributed by atoms with E-state index >= 15 is 0 Å². The Balaban J connectivity index is 2.24. The summed E-state index contributed by atoms with van der Waals surface area (Å²) in [6, 6.07) is 2.74. The molecular formula is C11H12ClN3O3S2. The van der Waals surface area contributed by atoms with Gasteiger partial charge >= 0.3 is 4.87 Å². The van der Waals surface area contributed by atoms with Gasteiger partial charge in [0, 0.05) is 11.1 Å². The van der Waals surface area contributed by atoms with E-state index in [9.17, 15) is 13.2 Å². The second-order valence-electron chi connectivity index (χ2n) is 4.14. The maximum Gasteiger partial charge on any atom is 0.304 e. The zero-order chi connectivity index (χ0) is 14.9. The van der Waals surface area contributed by atoms with E-state index in [2.05, 4.69) is 9.71 Å². The van der Waals surface area contributed by atoms with E-state index < -0.39 is 10.0 Å². The molecule has 0 radical (unpaired) electrons. The van der Waals surface area contributed by atoms with E-state index in [0.29, 0.717) is 16.3 Å². The number of thiazole rings is 1. The number of aromatic amines is 1. The number of nitrogen functional groups attached to an aromatic ring is 1. The van der Waals surface area contributed by atoms with Crippen molar-refractivity contribution >= 4 is 38.6 Å². The lowest BCUT2D eigenvalue weighted by atomic mass is 10.2. The first-order valence-electron chi connectivity index (χ1n) is 5.51. The van der Waals surface area contributed by atoms with Crippen LogP contribution in [0.25, 0.3) is 0 Å². The summed E-state index contributed by atoms with van der Waals surface area (Å²) in [4.78, 5) is 13.3. The van der Waals surface area contributed by atoms with Crippen molar-refractivity contribution in [2.45, 2.75) is 18.4 Å². The van der Waals surface area contributed by atoms with Gasteiger partial charge in [0.1, 0.15) is 0 Å². The average Bonchev–Trinajstić information content (AvgIpc) is 2.79. The number of H-pyrrole nitrogens is 1. The van der Waals surface area contributed by atoms with Gasteiger partial charge in [-0.2, -0.15) is 0 Å². The molecule has 108 valence electrons. The number of halogens is 1. The second kappa shape index (κ2) is 5.57. The molecule has 0 bridgehead atoms. The monoisotopic (exact) mass is 333 g/mol. The standard InChI is InChI=1S/C11H12ClN3O3S2/c1-6-2-8(3-9(13)10(6)12)20(17,18)14-4-7-5-19-11(16)15-7/h2-3,5,14H,4,13H2,1H3,(H,15,16). The molecule has 0 unspecified atom stereocenters. The van der Waals surface area contributed by atoms with Crippen LogP contribution in [0, 0.1) is 6.92 Å². The van der Waals surface area contributed by atoms with Crippen LogP contribution in [0.4, 0.5) is 5.69 Å². The fraction of sp³-hybridized carbons (Fsp3) is 0.182. The minimum absolute atomic E-state index is 0.00263. The number of aromatic nitrogens is 1. The molecule has 0 aliphatic heterocycles. The first kappa shape index (κ1) is 15.0. The zero-order valence-electron chi connectivity index (χ0n) is 10.4. The summed E-state index contributed by atoms with van der Waals surface area (Å²) in [5.74, 6) is 0. The normalized spacial score (nSPS) is 11.7. The summed E-state index contributed by atoms with van der Waals surface area (Å²) in [5.41, 5.74) is 6.95. The first-order valence-corrected chi connectivity index (χ1v) is 8.25. The molecule has 0 spiro atoms. The zero-order valence-corrected chi connectivity index (χ0v) is 12.8. The van der Waals surface area contributed by atoms with Crippen LogP contribution in [-0.2, 0) is 16.6 Å². The molecule has 1 aromatic heterocycles. The van der Waals surface area contributed by atoms with Crippen LogP contribution in [0.15, 0.2) is 27.2 Å². The molecule has 1 heterocycles. The fourth-order valence-electron chi connectivity index (χ4n) is 1.57. The van der Waals surface area contributed by atoms with Crippen molar-refractivity contribution in [1.29, 1.82) is 0 Å². The minimum Gasteiger partial charge on any atom is -0.397 e. The molecule has 0 saturated heterocycles. The highest BCUT2D eigenvalue weighted by atomic mass is 35.5. The quantitative estimate of drug-likeness (QED) is 0.736. The van der Waals surface area contributed by atoms with Crippen molar-refractivity contribution in [3.63, 3.8) is 0 Å². The van der Waals surface area contributed by atoms with E-state index in [1.807, 2.05) is 0 Å². The third kappa shape index (κ3) is 3.21. The van der Waals surface area contributed by atoms with Gasteiger partial charge in [0.15, 0.2) is 0 Å². The summed E-state index contributed by atoms with van der Waals surface area (Å²) in [6.45, 7) is 1.68.